The van der Waals surface area contributed by atoms with Gasteiger partial charge in [-0.05, 0) is 32.8 Å². The van der Waals surface area contributed by atoms with E-state index in [1.165, 1.54) is 6.07 Å². The summed E-state index contributed by atoms with van der Waals surface area (Å²) in [4.78, 5) is 24.1. The molecular weight excluding hydrogens is 314 g/mol. The Labute approximate surface area is 141 Å². The second-order valence-corrected chi connectivity index (χ2v) is 6.55. The monoisotopic (exact) mass is 338 g/mol. The quantitative estimate of drug-likeness (QED) is 0.837. The van der Waals surface area contributed by atoms with Gasteiger partial charge in [0.1, 0.15) is 11.6 Å². The van der Waals surface area contributed by atoms with Gasteiger partial charge in [0.2, 0.25) is 11.8 Å². The predicted molar refractivity (Wildman–Crippen MR) is 87.1 cm³/mol. The number of amides is 2. The molecular formula is C18H24F2N2O2. The molecule has 1 aromatic carbocycles. The first-order valence-electron chi connectivity index (χ1n) is 8.41. The summed E-state index contributed by atoms with van der Waals surface area (Å²) in [6, 6.07) is 2.41. The van der Waals surface area contributed by atoms with E-state index in [9.17, 15) is 18.4 Å². The largest absolute Gasteiger partial charge is 0.353 e. The molecule has 4 nitrogen and oxygen atoms in total. The molecule has 2 N–H and O–H groups in total. The third kappa shape index (κ3) is 5.01. The van der Waals surface area contributed by atoms with Gasteiger partial charge < -0.3 is 10.6 Å². The van der Waals surface area contributed by atoms with Crippen LogP contribution >= 0.6 is 0 Å². The van der Waals surface area contributed by atoms with Gasteiger partial charge >= 0.3 is 0 Å². The van der Waals surface area contributed by atoms with E-state index < -0.39 is 17.7 Å². The highest BCUT2D eigenvalue weighted by Crippen LogP contribution is 2.24. The lowest BCUT2D eigenvalue weighted by Gasteiger charge is -2.19. The maximum Gasteiger partial charge on any atom is 0.223 e. The second-order valence-electron chi connectivity index (χ2n) is 6.55. The molecule has 0 unspecified atom stereocenters. The van der Waals surface area contributed by atoms with Crippen molar-refractivity contribution in [2.45, 2.75) is 58.0 Å². The Morgan fingerprint density at radius 1 is 1.17 bits per heavy atom. The molecule has 0 aromatic heterocycles. The van der Waals surface area contributed by atoms with E-state index in [1.807, 2.05) is 0 Å². The number of hydrogen-bond donors (Lipinski definition) is 2. The van der Waals surface area contributed by atoms with E-state index in [2.05, 4.69) is 10.6 Å². The Morgan fingerprint density at radius 3 is 2.46 bits per heavy atom. The van der Waals surface area contributed by atoms with Crippen LogP contribution in [-0.4, -0.2) is 17.9 Å². The van der Waals surface area contributed by atoms with Crippen LogP contribution in [-0.2, 0) is 9.59 Å². The summed E-state index contributed by atoms with van der Waals surface area (Å²) >= 11 is 0. The van der Waals surface area contributed by atoms with Crippen LogP contribution in [0, 0.1) is 17.6 Å². The fraction of sp³-hybridized carbons (Fsp3) is 0.556. The minimum Gasteiger partial charge on any atom is -0.353 e. The highest BCUT2D eigenvalue weighted by atomic mass is 19.1. The third-order valence-electron chi connectivity index (χ3n) is 4.41. The van der Waals surface area contributed by atoms with Crippen molar-refractivity contribution in [1.29, 1.82) is 0 Å². The molecule has 0 radical (unpaired) electrons. The van der Waals surface area contributed by atoms with E-state index in [0.717, 1.165) is 37.8 Å². The van der Waals surface area contributed by atoms with Gasteiger partial charge in [-0.1, -0.05) is 18.9 Å². The zero-order chi connectivity index (χ0) is 17.7. The van der Waals surface area contributed by atoms with Gasteiger partial charge in [-0.2, -0.15) is 0 Å². The van der Waals surface area contributed by atoms with Crippen LogP contribution in [0.4, 0.5) is 8.78 Å². The zero-order valence-corrected chi connectivity index (χ0v) is 14.1. The first-order valence-corrected chi connectivity index (χ1v) is 8.41. The Kier molecular flexibility index (Phi) is 6.29. The topological polar surface area (TPSA) is 58.2 Å². The molecule has 0 aliphatic heterocycles. The van der Waals surface area contributed by atoms with Crippen molar-refractivity contribution in [3.8, 4) is 0 Å². The molecule has 2 amide bonds. The summed E-state index contributed by atoms with van der Waals surface area (Å²) in [6.07, 6.45) is 4.09. The highest BCUT2D eigenvalue weighted by molar-refractivity contribution is 5.81. The number of benzene rings is 1. The third-order valence-corrected chi connectivity index (χ3v) is 4.41. The van der Waals surface area contributed by atoms with Crippen molar-refractivity contribution in [2.24, 2.45) is 5.92 Å². The molecule has 1 aliphatic rings. The Bertz CT molecular complexity index is 601. The zero-order valence-electron chi connectivity index (χ0n) is 14.1. The number of rotatable bonds is 6. The Morgan fingerprint density at radius 2 is 1.83 bits per heavy atom. The van der Waals surface area contributed by atoms with E-state index in [4.69, 9.17) is 0 Å². The molecule has 0 saturated heterocycles. The van der Waals surface area contributed by atoms with E-state index in [1.54, 1.807) is 13.8 Å². The fourth-order valence-electron chi connectivity index (χ4n) is 3.11. The summed E-state index contributed by atoms with van der Waals surface area (Å²) < 4.78 is 26.6. The maximum absolute atomic E-state index is 13.7. The van der Waals surface area contributed by atoms with Gasteiger partial charge in [-0.25, -0.2) is 8.78 Å². The van der Waals surface area contributed by atoms with Gasteiger partial charge in [0.05, 0.1) is 6.04 Å². The normalized spacial score (nSPS) is 17.3. The Balaban J connectivity index is 1.82. The van der Waals surface area contributed by atoms with Crippen LogP contribution in [0.15, 0.2) is 18.2 Å². The smallest absolute Gasteiger partial charge is 0.223 e. The van der Waals surface area contributed by atoms with Gasteiger partial charge in [0, 0.05) is 30.0 Å². The molecule has 1 saturated carbocycles. The van der Waals surface area contributed by atoms with Crippen molar-refractivity contribution >= 4 is 11.8 Å². The lowest BCUT2D eigenvalue weighted by Crippen LogP contribution is -2.40. The van der Waals surface area contributed by atoms with Crippen LogP contribution < -0.4 is 10.6 Å². The number of nitrogens with one attached hydrogen (secondary N) is 2. The molecule has 2 rings (SSSR count). The van der Waals surface area contributed by atoms with Crippen LogP contribution in [0.2, 0.25) is 0 Å². The number of carbonyl (C=O) groups excluding carboxylic acids is 2. The Hall–Kier alpha value is -1.98. The van der Waals surface area contributed by atoms with Crippen LogP contribution in [0.25, 0.3) is 0 Å². The average molecular weight is 338 g/mol. The number of halogens is 2. The molecule has 2 atom stereocenters. The van der Waals surface area contributed by atoms with Gasteiger partial charge in [0.15, 0.2) is 0 Å². The molecule has 132 valence electrons. The standard InChI is InChI=1S/C18H24F2N2O2/c1-11(21-18(24)13-5-3-4-6-13)9-17(23)22-12(2)15-8-7-14(19)10-16(15)20/h7-8,10-13H,3-6,9H2,1-2H3,(H,21,24)(H,22,23)/t11-,12+/m1/s1. The van der Waals surface area contributed by atoms with Gasteiger partial charge in [0.25, 0.3) is 0 Å². The minimum atomic E-state index is -0.689. The first kappa shape index (κ1) is 18.4. The average Bonchev–Trinajstić information content (AvgIpc) is 3.00. The summed E-state index contributed by atoms with van der Waals surface area (Å²) in [5, 5.41) is 5.54. The second kappa shape index (κ2) is 8.22. The molecule has 0 bridgehead atoms. The van der Waals surface area contributed by atoms with Crippen molar-refractivity contribution in [3.05, 3.63) is 35.4 Å². The van der Waals surface area contributed by atoms with Crippen molar-refractivity contribution in [1.82, 2.24) is 10.6 Å². The lowest BCUT2D eigenvalue weighted by atomic mass is 10.1. The van der Waals surface area contributed by atoms with E-state index in [0.29, 0.717) is 0 Å². The summed E-state index contributed by atoms with van der Waals surface area (Å²) in [5.74, 6) is -1.57. The maximum atomic E-state index is 13.7. The predicted octanol–water partition coefficient (Wildman–Crippen LogP) is 3.23. The SMILES string of the molecule is C[C@H](CC(=O)N[C@@H](C)c1ccc(F)cc1F)NC(=O)C1CCCC1. The van der Waals surface area contributed by atoms with Crippen molar-refractivity contribution in [2.75, 3.05) is 0 Å². The van der Waals surface area contributed by atoms with Crippen molar-refractivity contribution in [3.63, 3.8) is 0 Å². The van der Waals surface area contributed by atoms with E-state index in [-0.39, 0.29) is 35.8 Å². The summed E-state index contributed by atoms with van der Waals surface area (Å²) in [6.45, 7) is 3.41. The number of carbonyl (C=O) groups is 2. The first-order chi connectivity index (χ1) is 11.4. The van der Waals surface area contributed by atoms with Gasteiger partial charge in [-0.15, -0.1) is 0 Å². The minimum absolute atomic E-state index is 0.00503. The van der Waals surface area contributed by atoms with E-state index >= 15 is 0 Å². The fourth-order valence-corrected chi connectivity index (χ4v) is 3.11. The molecule has 1 fully saturated rings. The molecule has 1 aliphatic carbocycles. The van der Waals surface area contributed by atoms with Crippen molar-refractivity contribution < 1.29 is 18.4 Å². The van der Waals surface area contributed by atoms with Gasteiger partial charge in [-0.3, -0.25) is 9.59 Å². The highest BCUT2D eigenvalue weighted by Gasteiger charge is 2.24. The summed E-state index contributed by atoms with van der Waals surface area (Å²) in [5.41, 5.74) is 0.229. The molecule has 0 spiro atoms. The molecule has 24 heavy (non-hydrogen) atoms. The van der Waals surface area contributed by atoms with Crippen LogP contribution in [0.3, 0.4) is 0 Å². The van der Waals surface area contributed by atoms with Crippen LogP contribution in [0.5, 0.6) is 0 Å². The van der Waals surface area contributed by atoms with Crippen LogP contribution in [0.1, 0.15) is 57.6 Å². The molecule has 1 aromatic rings. The molecule has 6 heteroatoms. The molecule has 0 heterocycles. The summed E-state index contributed by atoms with van der Waals surface area (Å²) in [7, 11) is 0. The lowest BCUT2D eigenvalue weighted by molar-refractivity contribution is -0.126. The number of hydrogen-bond acceptors (Lipinski definition) is 2.